The van der Waals surface area contributed by atoms with Crippen molar-refractivity contribution in [3.8, 4) is 11.5 Å². The van der Waals surface area contributed by atoms with Gasteiger partial charge in [0.05, 0.1) is 12.3 Å². The van der Waals surface area contributed by atoms with E-state index >= 15 is 0 Å². The Hall–Kier alpha value is -1.91. The zero-order valence-corrected chi connectivity index (χ0v) is 11.0. The summed E-state index contributed by atoms with van der Waals surface area (Å²) in [6.07, 6.45) is 2.61. The van der Waals surface area contributed by atoms with Crippen molar-refractivity contribution in [1.82, 2.24) is 4.98 Å². The van der Waals surface area contributed by atoms with Crippen molar-refractivity contribution in [3.63, 3.8) is 0 Å². The minimum absolute atomic E-state index is 0.363. The van der Waals surface area contributed by atoms with Crippen LogP contribution in [0.2, 0.25) is 0 Å². The van der Waals surface area contributed by atoms with Gasteiger partial charge >= 0.3 is 0 Å². The summed E-state index contributed by atoms with van der Waals surface area (Å²) in [4.78, 5) is 4.18. The highest BCUT2D eigenvalue weighted by Crippen LogP contribution is 2.23. The number of nitrogens with two attached hydrogens (primary N) is 1. The average molecular weight is 258 g/mol. The van der Waals surface area contributed by atoms with E-state index in [1.165, 1.54) is 5.56 Å². The number of methoxy groups -OCH3 is 1. The third-order valence-electron chi connectivity index (χ3n) is 2.79. The summed E-state index contributed by atoms with van der Waals surface area (Å²) in [5, 5.41) is 0. The van der Waals surface area contributed by atoms with Gasteiger partial charge in [-0.1, -0.05) is 12.1 Å². The molecule has 0 bridgehead atoms. The van der Waals surface area contributed by atoms with Gasteiger partial charge in [0.25, 0.3) is 0 Å². The van der Waals surface area contributed by atoms with Gasteiger partial charge in [-0.15, -0.1) is 0 Å². The Kier molecular flexibility index (Phi) is 4.89. The zero-order valence-electron chi connectivity index (χ0n) is 11.0. The van der Waals surface area contributed by atoms with Gasteiger partial charge < -0.3 is 15.2 Å². The second-order valence-corrected chi connectivity index (χ2v) is 4.14. The molecule has 0 aliphatic rings. The SMILES string of the molecule is COCCc1ccc(Oc2cccnc2CN)cc1. The van der Waals surface area contributed by atoms with Crippen LogP contribution in [0.15, 0.2) is 42.6 Å². The van der Waals surface area contributed by atoms with Gasteiger partial charge in [0.15, 0.2) is 0 Å². The molecule has 2 N–H and O–H groups in total. The lowest BCUT2D eigenvalue weighted by molar-refractivity contribution is 0.202. The highest BCUT2D eigenvalue weighted by Gasteiger charge is 2.04. The standard InChI is InChI=1S/C15H18N2O2/c1-18-10-8-12-4-6-13(7-5-12)19-15-3-2-9-17-14(15)11-16/h2-7,9H,8,10-11,16H2,1H3. The van der Waals surface area contributed by atoms with E-state index in [1.54, 1.807) is 13.3 Å². The Bertz CT molecular complexity index is 512. The Labute approximate surface area is 113 Å². The van der Waals surface area contributed by atoms with Crippen molar-refractivity contribution in [2.45, 2.75) is 13.0 Å². The maximum Gasteiger partial charge on any atom is 0.150 e. The first-order valence-corrected chi connectivity index (χ1v) is 6.23. The predicted molar refractivity (Wildman–Crippen MR) is 74.2 cm³/mol. The number of hydrogen-bond acceptors (Lipinski definition) is 4. The number of benzene rings is 1. The van der Waals surface area contributed by atoms with E-state index in [9.17, 15) is 0 Å². The van der Waals surface area contributed by atoms with Gasteiger partial charge in [-0.05, 0) is 36.2 Å². The molecule has 0 aliphatic heterocycles. The Morgan fingerprint density at radius 2 is 1.95 bits per heavy atom. The molecule has 4 heteroatoms. The first-order chi connectivity index (χ1) is 9.33. The van der Waals surface area contributed by atoms with Crippen LogP contribution in [0.25, 0.3) is 0 Å². The molecular formula is C15H18N2O2. The minimum atomic E-state index is 0.363. The molecule has 0 atom stereocenters. The third kappa shape index (κ3) is 3.77. The Morgan fingerprint density at radius 1 is 1.16 bits per heavy atom. The molecule has 0 saturated carbocycles. The number of nitrogens with zero attached hydrogens (tertiary/aromatic N) is 1. The first-order valence-electron chi connectivity index (χ1n) is 6.23. The summed E-state index contributed by atoms with van der Waals surface area (Å²) in [7, 11) is 1.70. The van der Waals surface area contributed by atoms with Crippen molar-refractivity contribution >= 4 is 0 Å². The van der Waals surface area contributed by atoms with Crippen LogP contribution in [0, 0.1) is 0 Å². The summed E-state index contributed by atoms with van der Waals surface area (Å²) in [5.41, 5.74) is 7.60. The van der Waals surface area contributed by atoms with Gasteiger partial charge in [0.2, 0.25) is 0 Å². The monoisotopic (exact) mass is 258 g/mol. The van der Waals surface area contributed by atoms with E-state index in [4.69, 9.17) is 15.2 Å². The van der Waals surface area contributed by atoms with Gasteiger partial charge in [0.1, 0.15) is 11.5 Å². The summed E-state index contributed by atoms with van der Waals surface area (Å²) >= 11 is 0. The summed E-state index contributed by atoms with van der Waals surface area (Å²) < 4.78 is 10.8. The summed E-state index contributed by atoms with van der Waals surface area (Å²) in [6.45, 7) is 1.09. The fourth-order valence-corrected chi connectivity index (χ4v) is 1.74. The number of rotatable bonds is 6. The molecule has 1 aromatic heterocycles. The molecule has 1 aromatic carbocycles. The van der Waals surface area contributed by atoms with E-state index in [0.717, 1.165) is 24.5 Å². The van der Waals surface area contributed by atoms with E-state index in [0.29, 0.717) is 12.3 Å². The molecule has 1 heterocycles. The predicted octanol–water partition coefficient (Wildman–Crippen LogP) is 2.52. The summed E-state index contributed by atoms with van der Waals surface area (Å²) in [6, 6.07) is 11.7. The van der Waals surface area contributed by atoms with Gasteiger partial charge in [-0.2, -0.15) is 0 Å². The van der Waals surface area contributed by atoms with Crippen LogP contribution in [0.1, 0.15) is 11.3 Å². The molecule has 100 valence electrons. The smallest absolute Gasteiger partial charge is 0.150 e. The van der Waals surface area contributed by atoms with Crippen LogP contribution in [-0.2, 0) is 17.7 Å². The van der Waals surface area contributed by atoms with Crippen molar-refractivity contribution in [3.05, 3.63) is 53.9 Å². The van der Waals surface area contributed by atoms with Crippen molar-refractivity contribution in [2.75, 3.05) is 13.7 Å². The largest absolute Gasteiger partial charge is 0.455 e. The molecule has 0 aliphatic carbocycles. The van der Waals surface area contributed by atoms with Crippen LogP contribution in [0.4, 0.5) is 0 Å². The lowest BCUT2D eigenvalue weighted by Crippen LogP contribution is -2.01. The van der Waals surface area contributed by atoms with Crippen molar-refractivity contribution in [1.29, 1.82) is 0 Å². The van der Waals surface area contributed by atoms with E-state index in [-0.39, 0.29) is 0 Å². The van der Waals surface area contributed by atoms with Crippen LogP contribution in [0.5, 0.6) is 11.5 Å². The molecule has 0 saturated heterocycles. The molecule has 0 unspecified atom stereocenters. The molecule has 4 nitrogen and oxygen atoms in total. The Balaban J connectivity index is 2.06. The molecule has 0 fully saturated rings. The number of pyridine rings is 1. The first kappa shape index (κ1) is 13.5. The molecule has 0 amide bonds. The van der Waals surface area contributed by atoms with Crippen LogP contribution >= 0.6 is 0 Å². The van der Waals surface area contributed by atoms with Crippen LogP contribution < -0.4 is 10.5 Å². The molecular weight excluding hydrogens is 240 g/mol. The third-order valence-corrected chi connectivity index (χ3v) is 2.79. The number of hydrogen-bond donors (Lipinski definition) is 1. The highest BCUT2D eigenvalue weighted by atomic mass is 16.5. The normalized spacial score (nSPS) is 10.4. The van der Waals surface area contributed by atoms with Crippen LogP contribution in [-0.4, -0.2) is 18.7 Å². The number of aromatic nitrogens is 1. The quantitative estimate of drug-likeness (QED) is 0.865. The lowest BCUT2D eigenvalue weighted by Gasteiger charge is -2.09. The van der Waals surface area contributed by atoms with Crippen LogP contribution in [0.3, 0.4) is 0 Å². The molecule has 19 heavy (non-hydrogen) atoms. The van der Waals surface area contributed by atoms with Crippen molar-refractivity contribution in [2.24, 2.45) is 5.73 Å². The van der Waals surface area contributed by atoms with Gasteiger partial charge in [0, 0.05) is 19.9 Å². The molecule has 0 radical (unpaired) electrons. The Morgan fingerprint density at radius 3 is 2.63 bits per heavy atom. The molecule has 0 spiro atoms. The van der Waals surface area contributed by atoms with Gasteiger partial charge in [-0.25, -0.2) is 0 Å². The second-order valence-electron chi connectivity index (χ2n) is 4.14. The summed E-state index contributed by atoms with van der Waals surface area (Å²) in [5.74, 6) is 1.48. The number of ether oxygens (including phenoxy) is 2. The van der Waals surface area contributed by atoms with Gasteiger partial charge in [-0.3, -0.25) is 4.98 Å². The van der Waals surface area contributed by atoms with E-state index in [1.807, 2.05) is 36.4 Å². The average Bonchev–Trinajstić information content (AvgIpc) is 2.47. The minimum Gasteiger partial charge on any atom is -0.455 e. The maximum atomic E-state index is 5.79. The van der Waals surface area contributed by atoms with E-state index < -0.39 is 0 Å². The highest BCUT2D eigenvalue weighted by molar-refractivity contribution is 5.35. The fourth-order valence-electron chi connectivity index (χ4n) is 1.74. The van der Waals surface area contributed by atoms with Crippen molar-refractivity contribution < 1.29 is 9.47 Å². The maximum absolute atomic E-state index is 5.79. The fraction of sp³-hybridized carbons (Fsp3) is 0.267. The second kappa shape index (κ2) is 6.87. The zero-order chi connectivity index (χ0) is 13.5. The van der Waals surface area contributed by atoms with E-state index in [2.05, 4.69) is 4.98 Å². The molecule has 2 aromatic rings. The molecule has 2 rings (SSSR count). The topological polar surface area (TPSA) is 57.4 Å². The lowest BCUT2D eigenvalue weighted by atomic mass is 10.1.